The fraction of sp³-hybridized carbons (Fsp3) is 0.176. The quantitative estimate of drug-likeness (QED) is 0.847. The van der Waals surface area contributed by atoms with E-state index in [-0.39, 0.29) is 18.3 Å². The smallest absolute Gasteiger partial charge is 0.259 e. The third kappa shape index (κ3) is 4.10. The van der Waals surface area contributed by atoms with Gasteiger partial charge in [-0.05, 0) is 30.3 Å². The Morgan fingerprint density at radius 3 is 2.87 bits per heavy atom. The van der Waals surface area contributed by atoms with E-state index in [1.54, 1.807) is 17.8 Å². The summed E-state index contributed by atoms with van der Waals surface area (Å²) >= 11 is 1.67. The molecular weight excluding hydrogens is 313 g/mol. The van der Waals surface area contributed by atoms with Crippen LogP contribution in [0.2, 0.25) is 0 Å². The van der Waals surface area contributed by atoms with Crippen LogP contribution in [-0.2, 0) is 4.79 Å². The number of hydrazone groups is 1. The summed E-state index contributed by atoms with van der Waals surface area (Å²) in [6.07, 6.45) is 0.702. The van der Waals surface area contributed by atoms with Crippen LogP contribution < -0.4 is 10.7 Å². The molecule has 0 radical (unpaired) electrons. The maximum atomic E-state index is 13.4. The Labute approximate surface area is 138 Å². The lowest BCUT2D eigenvalue weighted by Gasteiger charge is -2.17. The van der Waals surface area contributed by atoms with E-state index < -0.39 is 0 Å². The number of hydrogen-bond donors (Lipinski definition) is 2. The number of carbonyl (C=O) groups is 1. The second-order valence-electron chi connectivity index (χ2n) is 5.05. The first-order chi connectivity index (χ1) is 11.2. The highest BCUT2D eigenvalue weighted by Crippen LogP contribution is 2.30. The largest absolute Gasteiger partial charge is 0.376 e. The van der Waals surface area contributed by atoms with E-state index in [2.05, 4.69) is 15.8 Å². The molecule has 0 bridgehead atoms. The Morgan fingerprint density at radius 2 is 2.04 bits per heavy atom. The lowest BCUT2D eigenvalue weighted by Crippen LogP contribution is -2.27. The molecule has 0 atom stereocenters. The van der Waals surface area contributed by atoms with Crippen molar-refractivity contribution >= 4 is 29.1 Å². The fourth-order valence-corrected chi connectivity index (χ4v) is 3.28. The number of halogens is 1. The molecule has 0 fully saturated rings. The Kier molecular flexibility index (Phi) is 4.92. The van der Waals surface area contributed by atoms with Gasteiger partial charge < -0.3 is 5.32 Å². The number of nitrogens with one attached hydrogen (secondary N) is 2. The number of para-hydroxylation sites is 1. The first-order valence-corrected chi connectivity index (χ1v) is 8.28. The Balaban J connectivity index is 1.62. The number of thioether (sulfide) groups is 1. The molecule has 0 saturated heterocycles. The van der Waals surface area contributed by atoms with Gasteiger partial charge in [-0.1, -0.05) is 18.2 Å². The first-order valence-electron chi connectivity index (χ1n) is 7.29. The van der Waals surface area contributed by atoms with Gasteiger partial charge in [0.25, 0.3) is 5.91 Å². The van der Waals surface area contributed by atoms with Crippen LogP contribution in [0.15, 0.2) is 58.5 Å². The lowest BCUT2D eigenvalue weighted by atomic mass is 10.1. The van der Waals surface area contributed by atoms with Crippen molar-refractivity contribution in [3.8, 4) is 0 Å². The van der Waals surface area contributed by atoms with Crippen molar-refractivity contribution in [2.75, 3.05) is 17.6 Å². The van der Waals surface area contributed by atoms with Gasteiger partial charge in [-0.25, -0.2) is 9.82 Å². The van der Waals surface area contributed by atoms with Crippen molar-refractivity contribution in [2.45, 2.75) is 11.3 Å². The third-order valence-electron chi connectivity index (χ3n) is 3.39. The molecule has 4 nitrogen and oxygen atoms in total. The van der Waals surface area contributed by atoms with Crippen molar-refractivity contribution in [1.29, 1.82) is 0 Å². The number of fused-ring (bicyclic) bond motifs is 1. The molecule has 118 valence electrons. The molecule has 2 N–H and O–H groups in total. The highest BCUT2D eigenvalue weighted by Gasteiger charge is 2.17. The Morgan fingerprint density at radius 1 is 1.22 bits per heavy atom. The molecule has 0 spiro atoms. The zero-order valence-electron chi connectivity index (χ0n) is 12.4. The summed E-state index contributed by atoms with van der Waals surface area (Å²) in [7, 11) is 0. The molecular formula is C17H16FN3OS. The van der Waals surface area contributed by atoms with Crippen LogP contribution in [0.4, 0.5) is 10.1 Å². The summed E-state index contributed by atoms with van der Waals surface area (Å²) in [4.78, 5) is 12.9. The number of anilines is 1. The Hall–Kier alpha value is -2.34. The van der Waals surface area contributed by atoms with E-state index in [0.29, 0.717) is 12.1 Å². The third-order valence-corrected chi connectivity index (χ3v) is 4.47. The first kappa shape index (κ1) is 15.6. The summed E-state index contributed by atoms with van der Waals surface area (Å²) < 4.78 is 13.4. The lowest BCUT2D eigenvalue weighted by molar-refractivity contribution is -0.119. The van der Waals surface area contributed by atoms with Gasteiger partial charge in [0.2, 0.25) is 0 Å². The molecule has 0 aromatic heterocycles. The number of amides is 1. The summed E-state index contributed by atoms with van der Waals surface area (Å²) in [6, 6.07) is 14.1. The summed E-state index contributed by atoms with van der Waals surface area (Å²) in [5, 5.41) is 7.19. The van der Waals surface area contributed by atoms with Gasteiger partial charge >= 0.3 is 0 Å². The number of benzene rings is 2. The number of rotatable bonds is 4. The Bertz CT molecular complexity index is 734. The van der Waals surface area contributed by atoms with Crippen LogP contribution in [0.5, 0.6) is 0 Å². The normalized spacial score (nSPS) is 15.1. The second-order valence-corrected chi connectivity index (χ2v) is 6.19. The summed E-state index contributed by atoms with van der Waals surface area (Å²) in [5.41, 5.74) is 4.89. The zero-order chi connectivity index (χ0) is 16.1. The SMILES string of the molecule is O=C(CNc1ccccc1)N/N=C1/CCSc2ccc(F)cc21. The van der Waals surface area contributed by atoms with E-state index in [0.717, 1.165) is 21.9 Å². The average Bonchev–Trinajstić information content (AvgIpc) is 2.59. The van der Waals surface area contributed by atoms with E-state index in [1.807, 2.05) is 30.3 Å². The van der Waals surface area contributed by atoms with Gasteiger partial charge in [-0.2, -0.15) is 5.10 Å². The predicted molar refractivity (Wildman–Crippen MR) is 91.4 cm³/mol. The molecule has 1 aliphatic rings. The molecule has 0 aliphatic carbocycles. The summed E-state index contributed by atoms with van der Waals surface area (Å²) in [6.45, 7) is 0.131. The van der Waals surface area contributed by atoms with E-state index in [9.17, 15) is 9.18 Å². The minimum atomic E-state index is -0.295. The van der Waals surface area contributed by atoms with Gasteiger partial charge in [0.1, 0.15) is 5.82 Å². The number of hydrogen-bond acceptors (Lipinski definition) is 4. The molecule has 1 heterocycles. The van der Waals surface area contributed by atoms with Crippen LogP contribution in [0.3, 0.4) is 0 Å². The topological polar surface area (TPSA) is 53.5 Å². The van der Waals surface area contributed by atoms with Crippen LogP contribution in [0.1, 0.15) is 12.0 Å². The summed E-state index contributed by atoms with van der Waals surface area (Å²) in [5.74, 6) is 0.337. The van der Waals surface area contributed by atoms with Crippen molar-refractivity contribution in [1.82, 2.24) is 5.43 Å². The van der Waals surface area contributed by atoms with Gasteiger partial charge in [0.05, 0.1) is 12.3 Å². The molecule has 1 aliphatic heterocycles. The molecule has 1 amide bonds. The average molecular weight is 329 g/mol. The van der Waals surface area contributed by atoms with Gasteiger partial charge in [-0.3, -0.25) is 4.79 Å². The van der Waals surface area contributed by atoms with Crippen LogP contribution >= 0.6 is 11.8 Å². The molecule has 3 rings (SSSR count). The van der Waals surface area contributed by atoms with Crippen LogP contribution in [0.25, 0.3) is 0 Å². The molecule has 0 unspecified atom stereocenters. The van der Waals surface area contributed by atoms with E-state index >= 15 is 0 Å². The van der Waals surface area contributed by atoms with Crippen molar-refractivity contribution in [2.24, 2.45) is 5.10 Å². The highest BCUT2D eigenvalue weighted by atomic mass is 32.2. The highest BCUT2D eigenvalue weighted by molar-refractivity contribution is 7.99. The minimum Gasteiger partial charge on any atom is -0.376 e. The standard InChI is InChI=1S/C17H16FN3OS/c18-12-6-7-16-14(10-12)15(8-9-23-16)20-21-17(22)11-19-13-4-2-1-3-5-13/h1-7,10,19H,8-9,11H2,(H,21,22)/b20-15-. The van der Waals surface area contributed by atoms with Crippen molar-refractivity contribution in [3.05, 3.63) is 59.9 Å². The van der Waals surface area contributed by atoms with E-state index in [1.165, 1.54) is 12.1 Å². The molecule has 0 saturated carbocycles. The maximum absolute atomic E-state index is 13.4. The monoisotopic (exact) mass is 329 g/mol. The molecule has 6 heteroatoms. The van der Waals surface area contributed by atoms with Gasteiger partial charge in [0, 0.05) is 28.3 Å². The minimum absolute atomic E-state index is 0.131. The fourth-order valence-electron chi connectivity index (χ4n) is 2.27. The van der Waals surface area contributed by atoms with Gasteiger partial charge in [0.15, 0.2) is 0 Å². The predicted octanol–water partition coefficient (Wildman–Crippen LogP) is 3.25. The van der Waals surface area contributed by atoms with Crippen LogP contribution in [0, 0.1) is 5.82 Å². The maximum Gasteiger partial charge on any atom is 0.259 e. The number of nitrogens with zero attached hydrogens (tertiary/aromatic N) is 1. The molecule has 2 aromatic rings. The van der Waals surface area contributed by atoms with E-state index in [4.69, 9.17) is 0 Å². The van der Waals surface area contributed by atoms with Crippen molar-refractivity contribution in [3.63, 3.8) is 0 Å². The second kappa shape index (κ2) is 7.28. The van der Waals surface area contributed by atoms with Crippen molar-refractivity contribution < 1.29 is 9.18 Å². The molecule has 23 heavy (non-hydrogen) atoms. The molecule has 2 aromatic carbocycles. The number of carbonyl (C=O) groups excluding carboxylic acids is 1. The van der Waals surface area contributed by atoms with Crippen LogP contribution in [-0.4, -0.2) is 23.9 Å². The van der Waals surface area contributed by atoms with Gasteiger partial charge in [-0.15, -0.1) is 11.8 Å². The zero-order valence-corrected chi connectivity index (χ0v) is 13.2.